The highest BCUT2D eigenvalue weighted by molar-refractivity contribution is 7.92. The molecule has 0 spiro atoms. The average Bonchev–Trinajstić information content (AvgIpc) is 2.64. The Hall–Kier alpha value is -3.14. The number of ether oxygens (including phenoxy) is 1. The molecule has 0 aliphatic carbocycles. The number of aryl methyl sites for hydroxylation is 1. The number of nitro groups is 1. The molecule has 0 aliphatic heterocycles. The summed E-state index contributed by atoms with van der Waals surface area (Å²) in [5.41, 5.74) is 1.54. The lowest BCUT2D eigenvalue weighted by Gasteiger charge is -2.23. The Kier molecular flexibility index (Phi) is 6.57. The van der Waals surface area contributed by atoms with Crippen LogP contribution in [0.25, 0.3) is 0 Å². The van der Waals surface area contributed by atoms with Crippen LogP contribution in [-0.4, -0.2) is 39.2 Å². The number of carbonyl (C=O) groups excluding carboxylic acids is 1. The number of nitrogens with zero attached hydrogens (tertiary/aromatic N) is 2. The molecule has 0 saturated heterocycles. The molecular weight excluding hydrogens is 386 g/mol. The number of sulfonamides is 1. The highest BCUT2D eigenvalue weighted by Crippen LogP contribution is 2.33. The fraction of sp³-hybridized carbons (Fsp3) is 0.278. The summed E-state index contributed by atoms with van der Waals surface area (Å²) in [7, 11) is -2.60. The second-order valence-corrected chi connectivity index (χ2v) is 8.05. The van der Waals surface area contributed by atoms with Crippen molar-refractivity contribution in [3.63, 3.8) is 0 Å². The van der Waals surface area contributed by atoms with E-state index >= 15 is 0 Å². The lowest BCUT2D eigenvalue weighted by molar-refractivity contribution is -0.384. The maximum atomic E-state index is 12.3. The Bertz CT molecular complexity index is 973. The zero-order chi connectivity index (χ0) is 20.9. The quantitative estimate of drug-likeness (QED) is 0.528. The first-order valence-corrected chi connectivity index (χ1v) is 10.1. The molecule has 0 atom stereocenters. The predicted octanol–water partition coefficient (Wildman–Crippen LogP) is 1.99. The Morgan fingerprint density at radius 1 is 1.21 bits per heavy atom. The van der Waals surface area contributed by atoms with Crippen molar-refractivity contribution < 1.29 is 22.9 Å². The maximum absolute atomic E-state index is 12.3. The summed E-state index contributed by atoms with van der Waals surface area (Å²) in [5.74, 6) is -0.457. The van der Waals surface area contributed by atoms with Crippen LogP contribution in [0.2, 0.25) is 0 Å². The van der Waals surface area contributed by atoms with Crippen molar-refractivity contribution >= 4 is 27.3 Å². The molecule has 28 heavy (non-hydrogen) atoms. The molecule has 2 rings (SSSR count). The summed E-state index contributed by atoms with van der Waals surface area (Å²) in [6.07, 6.45) is 0.915. The van der Waals surface area contributed by atoms with Crippen molar-refractivity contribution in [3.05, 3.63) is 63.7 Å². The molecular formula is C18H21N3O6S. The lowest BCUT2D eigenvalue weighted by Crippen LogP contribution is -2.40. The third kappa shape index (κ3) is 5.43. The van der Waals surface area contributed by atoms with Gasteiger partial charge in [-0.05, 0) is 18.6 Å². The van der Waals surface area contributed by atoms with Crippen LogP contribution in [0, 0.1) is 17.0 Å². The number of methoxy groups -OCH3 is 1. The predicted molar refractivity (Wildman–Crippen MR) is 105 cm³/mol. The summed E-state index contributed by atoms with van der Waals surface area (Å²) >= 11 is 0. The van der Waals surface area contributed by atoms with Crippen LogP contribution in [0.1, 0.15) is 11.1 Å². The minimum absolute atomic E-state index is 0.0790. The normalized spacial score (nSPS) is 11.0. The number of hydrogen-bond acceptors (Lipinski definition) is 6. The monoisotopic (exact) mass is 407 g/mol. The van der Waals surface area contributed by atoms with Crippen LogP contribution in [-0.2, 0) is 21.4 Å². The van der Waals surface area contributed by atoms with E-state index in [-0.39, 0.29) is 23.7 Å². The van der Waals surface area contributed by atoms with E-state index in [2.05, 4.69) is 5.32 Å². The van der Waals surface area contributed by atoms with E-state index in [0.717, 1.165) is 27.8 Å². The fourth-order valence-electron chi connectivity index (χ4n) is 2.46. The minimum Gasteiger partial charge on any atom is -0.495 e. The molecule has 0 fully saturated rings. The van der Waals surface area contributed by atoms with Gasteiger partial charge in [0.05, 0.1) is 18.3 Å². The summed E-state index contributed by atoms with van der Waals surface area (Å²) in [6, 6.07) is 11.1. The molecule has 0 unspecified atom stereocenters. The number of anilines is 1. The smallest absolute Gasteiger partial charge is 0.271 e. The molecule has 9 nitrogen and oxygen atoms in total. The third-order valence-electron chi connectivity index (χ3n) is 3.94. The van der Waals surface area contributed by atoms with Crippen molar-refractivity contribution in [2.45, 2.75) is 13.5 Å². The van der Waals surface area contributed by atoms with Gasteiger partial charge in [0.15, 0.2) is 0 Å². The molecule has 2 aromatic rings. The van der Waals surface area contributed by atoms with E-state index in [1.807, 2.05) is 31.2 Å². The van der Waals surface area contributed by atoms with E-state index in [1.54, 1.807) is 0 Å². The van der Waals surface area contributed by atoms with Crippen molar-refractivity contribution in [2.24, 2.45) is 0 Å². The standard InChI is InChI=1S/C18H21N3O6S/c1-13-4-6-14(7-5-13)11-19-18(22)12-20(28(3,25)26)16-10-15(21(23)24)8-9-17(16)27-2/h4-10H,11-12H2,1-3H3,(H,19,22). The van der Waals surface area contributed by atoms with Gasteiger partial charge in [-0.15, -0.1) is 0 Å². The first-order valence-electron chi connectivity index (χ1n) is 8.24. The molecule has 1 amide bonds. The largest absolute Gasteiger partial charge is 0.495 e. The second kappa shape index (κ2) is 8.70. The highest BCUT2D eigenvalue weighted by atomic mass is 32.2. The first-order chi connectivity index (χ1) is 13.1. The van der Waals surface area contributed by atoms with Crippen LogP contribution in [0.15, 0.2) is 42.5 Å². The SMILES string of the molecule is COc1ccc([N+](=O)[O-])cc1N(CC(=O)NCc1ccc(C)cc1)S(C)(=O)=O. The first kappa shape index (κ1) is 21.2. The molecule has 0 saturated carbocycles. The molecule has 0 bridgehead atoms. The zero-order valence-corrected chi connectivity index (χ0v) is 16.5. The topological polar surface area (TPSA) is 119 Å². The van der Waals surface area contributed by atoms with Gasteiger partial charge in [0, 0.05) is 18.7 Å². The number of carbonyl (C=O) groups is 1. The van der Waals surface area contributed by atoms with Gasteiger partial charge in [-0.25, -0.2) is 8.42 Å². The Morgan fingerprint density at radius 2 is 1.86 bits per heavy atom. The number of amides is 1. The molecule has 0 radical (unpaired) electrons. The van der Waals surface area contributed by atoms with Gasteiger partial charge in [-0.3, -0.25) is 19.2 Å². The van der Waals surface area contributed by atoms with Gasteiger partial charge in [-0.1, -0.05) is 29.8 Å². The lowest BCUT2D eigenvalue weighted by atomic mass is 10.1. The van der Waals surface area contributed by atoms with Crippen LogP contribution in [0.5, 0.6) is 5.75 Å². The van der Waals surface area contributed by atoms with Gasteiger partial charge in [-0.2, -0.15) is 0 Å². The van der Waals surface area contributed by atoms with Crippen LogP contribution in [0.4, 0.5) is 11.4 Å². The average molecular weight is 407 g/mol. The molecule has 0 aromatic heterocycles. The van der Waals surface area contributed by atoms with E-state index in [4.69, 9.17) is 4.74 Å². The van der Waals surface area contributed by atoms with Crippen LogP contribution in [0.3, 0.4) is 0 Å². The van der Waals surface area contributed by atoms with Crippen molar-refractivity contribution in [1.82, 2.24) is 5.32 Å². The van der Waals surface area contributed by atoms with Gasteiger partial charge >= 0.3 is 0 Å². The summed E-state index contributed by atoms with van der Waals surface area (Å²) < 4.78 is 30.4. The van der Waals surface area contributed by atoms with E-state index in [1.165, 1.54) is 19.2 Å². The van der Waals surface area contributed by atoms with Crippen molar-refractivity contribution in [2.75, 3.05) is 24.2 Å². The van der Waals surface area contributed by atoms with Gasteiger partial charge in [0.2, 0.25) is 15.9 Å². The number of nitrogens with one attached hydrogen (secondary N) is 1. The summed E-state index contributed by atoms with van der Waals surface area (Å²) in [4.78, 5) is 22.7. The van der Waals surface area contributed by atoms with Crippen molar-refractivity contribution in [1.29, 1.82) is 0 Å². The van der Waals surface area contributed by atoms with E-state index in [0.29, 0.717) is 0 Å². The summed E-state index contributed by atoms with van der Waals surface area (Å²) in [6.45, 7) is 1.63. The molecule has 10 heteroatoms. The molecule has 0 aliphatic rings. The summed E-state index contributed by atoms with van der Waals surface area (Å²) in [5, 5.41) is 13.7. The number of benzene rings is 2. The number of non-ortho nitro benzene ring substituents is 1. The molecule has 1 N–H and O–H groups in total. The minimum atomic E-state index is -3.91. The van der Waals surface area contributed by atoms with Crippen molar-refractivity contribution in [3.8, 4) is 5.75 Å². The zero-order valence-electron chi connectivity index (χ0n) is 15.7. The molecule has 150 valence electrons. The fourth-order valence-corrected chi connectivity index (χ4v) is 3.31. The number of nitro benzene ring substituents is 1. The van der Waals surface area contributed by atoms with Crippen LogP contribution < -0.4 is 14.4 Å². The van der Waals surface area contributed by atoms with Gasteiger partial charge < -0.3 is 10.1 Å². The van der Waals surface area contributed by atoms with E-state index < -0.39 is 27.4 Å². The Morgan fingerprint density at radius 3 is 2.39 bits per heavy atom. The molecule has 0 heterocycles. The Labute approximate surface area is 163 Å². The third-order valence-corrected chi connectivity index (χ3v) is 5.07. The van der Waals surface area contributed by atoms with E-state index in [9.17, 15) is 23.3 Å². The highest BCUT2D eigenvalue weighted by Gasteiger charge is 2.26. The van der Waals surface area contributed by atoms with Crippen LogP contribution >= 0.6 is 0 Å². The second-order valence-electron chi connectivity index (χ2n) is 6.15. The maximum Gasteiger partial charge on any atom is 0.271 e. The van der Waals surface area contributed by atoms with Gasteiger partial charge in [0.25, 0.3) is 5.69 Å². The molecule has 2 aromatic carbocycles. The number of hydrogen-bond donors (Lipinski definition) is 1. The van der Waals surface area contributed by atoms with Gasteiger partial charge in [0.1, 0.15) is 18.0 Å². The number of rotatable bonds is 8. The Balaban J connectivity index is 2.25.